The first kappa shape index (κ1) is 13.7. The van der Waals surface area contributed by atoms with E-state index >= 15 is 0 Å². The number of hydrogen-bond acceptors (Lipinski definition) is 3. The highest BCUT2D eigenvalue weighted by Crippen LogP contribution is 2.08. The van der Waals surface area contributed by atoms with Gasteiger partial charge in [0.15, 0.2) is 0 Å². The lowest BCUT2D eigenvalue weighted by atomic mass is 10.2. The molecule has 2 aromatic rings. The average molecular weight is 369 g/mol. The van der Waals surface area contributed by atoms with Gasteiger partial charge in [-0.3, -0.25) is 14.2 Å². The Morgan fingerprint density at radius 2 is 2.05 bits per heavy atom. The summed E-state index contributed by atoms with van der Waals surface area (Å²) in [7, 11) is 0. The standard InChI is InChI=1S/C13H12IN3O2/c1-9-2-4-10(5-3-9)16-12(18)7-17-8-15-6-11(14)13(17)19/h2-6,8H,7H2,1H3,(H,16,18). The van der Waals surface area contributed by atoms with Crippen LogP contribution in [0.25, 0.3) is 0 Å². The summed E-state index contributed by atoms with van der Waals surface area (Å²) in [4.78, 5) is 27.5. The van der Waals surface area contributed by atoms with Gasteiger partial charge in [-0.2, -0.15) is 0 Å². The Hall–Kier alpha value is -1.70. The molecule has 0 atom stereocenters. The number of carbonyl (C=O) groups excluding carboxylic acids is 1. The number of nitrogens with one attached hydrogen (secondary N) is 1. The number of benzene rings is 1. The van der Waals surface area contributed by atoms with Gasteiger partial charge in [-0.25, -0.2) is 4.98 Å². The highest BCUT2D eigenvalue weighted by molar-refractivity contribution is 14.1. The SMILES string of the molecule is Cc1ccc(NC(=O)Cn2cncc(I)c2=O)cc1. The molecule has 19 heavy (non-hydrogen) atoms. The Morgan fingerprint density at radius 3 is 2.74 bits per heavy atom. The predicted octanol–water partition coefficient (Wildman–Crippen LogP) is 1.80. The smallest absolute Gasteiger partial charge is 0.267 e. The second-order valence-electron chi connectivity index (χ2n) is 4.09. The number of rotatable bonds is 3. The third kappa shape index (κ3) is 3.63. The molecule has 1 heterocycles. The van der Waals surface area contributed by atoms with Crippen LogP contribution in [0, 0.1) is 10.5 Å². The molecule has 0 aliphatic heterocycles. The number of halogens is 1. The van der Waals surface area contributed by atoms with Crippen molar-refractivity contribution in [2.45, 2.75) is 13.5 Å². The van der Waals surface area contributed by atoms with E-state index in [1.54, 1.807) is 0 Å². The highest BCUT2D eigenvalue weighted by Gasteiger charge is 2.06. The fraction of sp³-hybridized carbons (Fsp3) is 0.154. The van der Waals surface area contributed by atoms with Crippen molar-refractivity contribution in [2.24, 2.45) is 0 Å². The van der Waals surface area contributed by atoms with E-state index in [1.165, 1.54) is 17.1 Å². The zero-order chi connectivity index (χ0) is 13.8. The van der Waals surface area contributed by atoms with Crippen LogP contribution in [0.5, 0.6) is 0 Å². The molecule has 6 heteroatoms. The molecule has 0 unspecified atom stereocenters. The van der Waals surface area contributed by atoms with Crippen LogP contribution in [0.4, 0.5) is 5.69 Å². The monoisotopic (exact) mass is 369 g/mol. The molecule has 0 bridgehead atoms. The van der Waals surface area contributed by atoms with Crippen LogP contribution in [0.15, 0.2) is 41.6 Å². The molecule has 98 valence electrons. The van der Waals surface area contributed by atoms with E-state index in [2.05, 4.69) is 10.3 Å². The second-order valence-corrected chi connectivity index (χ2v) is 5.25. The molecule has 2 rings (SSSR count). The van der Waals surface area contributed by atoms with Crippen LogP contribution in [0.2, 0.25) is 0 Å². The predicted molar refractivity (Wildman–Crippen MR) is 81.0 cm³/mol. The summed E-state index contributed by atoms with van der Waals surface area (Å²) < 4.78 is 1.77. The van der Waals surface area contributed by atoms with Crippen molar-refractivity contribution in [1.29, 1.82) is 0 Å². The molecular weight excluding hydrogens is 357 g/mol. The first-order valence-corrected chi connectivity index (χ1v) is 6.70. The van der Waals surface area contributed by atoms with Crippen molar-refractivity contribution in [2.75, 3.05) is 5.32 Å². The summed E-state index contributed by atoms with van der Waals surface area (Å²) in [5.74, 6) is -0.255. The maximum atomic E-state index is 11.8. The minimum Gasteiger partial charge on any atom is -0.325 e. The van der Waals surface area contributed by atoms with Gasteiger partial charge < -0.3 is 5.32 Å². The zero-order valence-corrected chi connectivity index (χ0v) is 12.4. The molecule has 1 amide bonds. The number of amides is 1. The molecule has 0 fully saturated rings. The summed E-state index contributed by atoms with van der Waals surface area (Å²) in [6.45, 7) is 1.93. The zero-order valence-electron chi connectivity index (χ0n) is 10.3. The molecule has 0 aliphatic rings. The number of carbonyl (C=O) groups is 1. The van der Waals surface area contributed by atoms with Gasteiger partial charge in [0.2, 0.25) is 5.91 Å². The van der Waals surface area contributed by atoms with Crippen molar-refractivity contribution < 1.29 is 4.79 Å². The molecule has 5 nitrogen and oxygen atoms in total. The van der Waals surface area contributed by atoms with Gasteiger partial charge in [-0.1, -0.05) is 17.7 Å². The lowest BCUT2D eigenvalue weighted by molar-refractivity contribution is -0.116. The number of aryl methyl sites for hydroxylation is 1. The van der Waals surface area contributed by atoms with Gasteiger partial charge in [0.1, 0.15) is 6.54 Å². The van der Waals surface area contributed by atoms with Gasteiger partial charge >= 0.3 is 0 Å². The first-order chi connectivity index (χ1) is 9.06. The maximum absolute atomic E-state index is 11.8. The van der Waals surface area contributed by atoms with E-state index in [1.807, 2.05) is 53.8 Å². The Labute approximate surface area is 123 Å². The molecule has 0 radical (unpaired) electrons. The molecule has 1 aromatic heterocycles. The first-order valence-electron chi connectivity index (χ1n) is 5.63. The Balaban J connectivity index is 2.07. The summed E-state index contributed by atoms with van der Waals surface area (Å²) in [5, 5.41) is 2.74. The fourth-order valence-corrected chi connectivity index (χ4v) is 2.00. The van der Waals surface area contributed by atoms with Gasteiger partial charge in [0.05, 0.1) is 9.90 Å². The third-order valence-corrected chi connectivity index (χ3v) is 3.25. The molecule has 0 spiro atoms. The van der Waals surface area contributed by atoms with Crippen molar-refractivity contribution in [3.05, 3.63) is 56.3 Å². The molecule has 0 aliphatic carbocycles. The minimum atomic E-state index is -0.255. The molecule has 0 saturated carbocycles. The van der Waals surface area contributed by atoms with Crippen LogP contribution in [0.1, 0.15) is 5.56 Å². The Kier molecular flexibility index (Phi) is 4.31. The van der Waals surface area contributed by atoms with Crippen LogP contribution in [-0.2, 0) is 11.3 Å². The van der Waals surface area contributed by atoms with Crippen molar-refractivity contribution in [3.8, 4) is 0 Å². The van der Waals surface area contributed by atoms with Crippen LogP contribution >= 0.6 is 22.6 Å². The van der Waals surface area contributed by atoms with E-state index in [-0.39, 0.29) is 18.0 Å². The third-order valence-electron chi connectivity index (χ3n) is 2.51. The highest BCUT2D eigenvalue weighted by atomic mass is 127. The van der Waals surface area contributed by atoms with Gasteiger partial charge in [0.25, 0.3) is 5.56 Å². The normalized spacial score (nSPS) is 10.2. The van der Waals surface area contributed by atoms with Crippen LogP contribution < -0.4 is 10.9 Å². The van der Waals surface area contributed by atoms with E-state index < -0.39 is 0 Å². The van der Waals surface area contributed by atoms with Crippen molar-refractivity contribution in [1.82, 2.24) is 9.55 Å². The Morgan fingerprint density at radius 1 is 1.37 bits per heavy atom. The molecule has 1 N–H and O–H groups in total. The summed E-state index contributed by atoms with van der Waals surface area (Å²) in [5.41, 5.74) is 1.62. The lowest BCUT2D eigenvalue weighted by Gasteiger charge is -2.07. The van der Waals surface area contributed by atoms with E-state index in [9.17, 15) is 9.59 Å². The quantitative estimate of drug-likeness (QED) is 0.840. The maximum Gasteiger partial charge on any atom is 0.267 e. The largest absolute Gasteiger partial charge is 0.325 e. The van der Waals surface area contributed by atoms with Gasteiger partial charge in [-0.15, -0.1) is 0 Å². The van der Waals surface area contributed by atoms with E-state index in [0.29, 0.717) is 9.26 Å². The molecular formula is C13H12IN3O2. The van der Waals surface area contributed by atoms with Crippen LogP contribution in [-0.4, -0.2) is 15.5 Å². The van der Waals surface area contributed by atoms with Gasteiger partial charge in [-0.05, 0) is 41.6 Å². The topological polar surface area (TPSA) is 64.0 Å². The molecule has 1 aromatic carbocycles. The second kappa shape index (κ2) is 5.96. The lowest BCUT2D eigenvalue weighted by Crippen LogP contribution is -2.29. The number of hydrogen-bond donors (Lipinski definition) is 1. The minimum absolute atomic E-state index is 0.0451. The van der Waals surface area contributed by atoms with Crippen molar-refractivity contribution in [3.63, 3.8) is 0 Å². The van der Waals surface area contributed by atoms with Gasteiger partial charge in [0, 0.05) is 11.9 Å². The van der Waals surface area contributed by atoms with E-state index in [4.69, 9.17) is 0 Å². The Bertz CT molecular complexity index is 650. The number of nitrogens with zero attached hydrogens (tertiary/aromatic N) is 2. The summed E-state index contributed by atoms with van der Waals surface area (Å²) >= 11 is 1.90. The number of anilines is 1. The number of aromatic nitrogens is 2. The summed E-state index contributed by atoms with van der Waals surface area (Å²) in [6, 6.07) is 7.47. The fourth-order valence-electron chi connectivity index (χ4n) is 1.53. The van der Waals surface area contributed by atoms with E-state index in [0.717, 1.165) is 5.56 Å². The van der Waals surface area contributed by atoms with Crippen LogP contribution in [0.3, 0.4) is 0 Å². The summed E-state index contributed by atoms with van der Waals surface area (Å²) in [6.07, 6.45) is 2.83. The van der Waals surface area contributed by atoms with Crippen molar-refractivity contribution >= 4 is 34.2 Å². The average Bonchev–Trinajstić information content (AvgIpc) is 2.38. The molecule has 0 saturated heterocycles.